The van der Waals surface area contributed by atoms with Crippen LogP contribution in [0, 0.1) is 0 Å². The smallest absolute Gasteiger partial charge is 0.243 e. The van der Waals surface area contributed by atoms with E-state index in [-0.39, 0.29) is 12.0 Å². The fourth-order valence-electron chi connectivity index (χ4n) is 1.59. The molecule has 0 aliphatic carbocycles. The lowest BCUT2D eigenvalue weighted by Gasteiger charge is -2.36. The number of sulfone groups is 1. The van der Waals surface area contributed by atoms with E-state index in [4.69, 9.17) is 10.5 Å². The number of nitrogens with zero attached hydrogens (tertiary/aromatic N) is 1. The summed E-state index contributed by atoms with van der Waals surface area (Å²) in [6.07, 6.45) is 0.870. The van der Waals surface area contributed by atoms with Gasteiger partial charge in [-0.05, 0) is 13.8 Å². The molecular weight excluding hydrogens is 244 g/mol. The van der Waals surface area contributed by atoms with Gasteiger partial charge in [-0.25, -0.2) is 8.42 Å². The van der Waals surface area contributed by atoms with Crippen LogP contribution in [0.1, 0.15) is 13.8 Å². The van der Waals surface area contributed by atoms with E-state index < -0.39 is 14.6 Å². The number of hydrogen-bond donors (Lipinski definition) is 1. The summed E-state index contributed by atoms with van der Waals surface area (Å²) in [5, 5.41) is 0. The van der Waals surface area contributed by atoms with Crippen LogP contribution >= 0.6 is 0 Å². The Morgan fingerprint density at radius 1 is 1.53 bits per heavy atom. The number of nitrogens with two attached hydrogens (primary N) is 1. The van der Waals surface area contributed by atoms with Crippen LogP contribution in [0.3, 0.4) is 0 Å². The maximum Gasteiger partial charge on any atom is 0.243 e. The normalized spacial score (nSPS) is 22.6. The van der Waals surface area contributed by atoms with Crippen LogP contribution in [0.2, 0.25) is 0 Å². The maximum atomic E-state index is 12.2. The number of carbonyl (C=O) groups is 1. The zero-order valence-corrected chi connectivity index (χ0v) is 11.3. The zero-order chi connectivity index (χ0) is 13.3. The predicted molar refractivity (Wildman–Crippen MR) is 64.3 cm³/mol. The van der Waals surface area contributed by atoms with Crippen molar-refractivity contribution < 1.29 is 17.9 Å². The molecule has 0 saturated carbocycles. The van der Waals surface area contributed by atoms with Crippen LogP contribution < -0.4 is 5.73 Å². The van der Waals surface area contributed by atoms with Gasteiger partial charge in [0.15, 0.2) is 9.84 Å². The second kappa shape index (κ2) is 4.91. The second-order valence-electron chi connectivity index (χ2n) is 4.76. The highest BCUT2D eigenvalue weighted by Gasteiger charge is 2.42. The third-order valence-corrected chi connectivity index (χ3v) is 5.16. The molecule has 1 rings (SSSR count). The van der Waals surface area contributed by atoms with Crippen molar-refractivity contribution in [3.63, 3.8) is 0 Å². The number of morpholine rings is 1. The first-order valence-electron chi connectivity index (χ1n) is 5.51. The van der Waals surface area contributed by atoms with Crippen LogP contribution in [0.5, 0.6) is 0 Å². The molecule has 1 aliphatic heterocycles. The van der Waals surface area contributed by atoms with Gasteiger partial charge >= 0.3 is 0 Å². The lowest BCUT2D eigenvalue weighted by molar-refractivity contribution is -0.140. The summed E-state index contributed by atoms with van der Waals surface area (Å²) < 4.78 is 27.1. The highest BCUT2D eigenvalue weighted by molar-refractivity contribution is 7.92. The Balaban J connectivity index is 2.83. The minimum Gasteiger partial charge on any atom is -0.373 e. The van der Waals surface area contributed by atoms with Crippen LogP contribution in [0.25, 0.3) is 0 Å². The van der Waals surface area contributed by atoms with Gasteiger partial charge in [0.05, 0.1) is 12.7 Å². The largest absolute Gasteiger partial charge is 0.373 e. The topological polar surface area (TPSA) is 89.7 Å². The summed E-state index contributed by atoms with van der Waals surface area (Å²) in [4.78, 5) is 13.7. The molecule has 0 aromatic carbocycles. The summed E-state index contributed by atoms with van der Waals surface area (Å²) in [6, 6.07) is 0. The molecule has 2 N–H and O–H groups in total. The molecule has 100 valence electrons. The van der Waals surface area contributed by atoms with Crippen molar-refractivity contribution in [1.82, 2.24) is 4.90 Å². The number of amides is 1. The number of rotatable bonds is 3. The molecule has 7 heteroatoms. The molecule has 1 saturated heterocycles. The molecule has 1 aliphatic rings. The third-order valence-electron chi connectivity index (χ3n) is 3.13. The molecule has 0 aromatic heterocycles. The first-order chi connectivity index (χ1) is 7.70. The average Bonchev–Trinajstić information content (AvgIpc) is 2.26. The standard InChI is InChI=1S/C10H20N2O4S/c1-10(2,17(3,14)15)9(13)12-4-5-16-8(6-11)7-12/h8H,4-7,11H2,1-3H3. The number of carbonyl (C=O) groups excluding carboxylic acids is 1. The molecule has 17 heavy (non-hydrogen) atoms. The summed E-state index contributed by atoms with van der Waals surface area (Å²) >= 11 is 0. The number of ether oxygens (including phenoxy) is 1. The van der Waals surface area contributed by atoms with Gasteiger partial charge in [0.1, 0.15) is 4.75 Å². The minimum absolute atomic E-state index is 0.205. The lowest BCUT2D eigenvalue weighted by Crippen LogP contribution is -2.55. The lowest BCUT2D eigenvalue weighted by atomic mass is 10.1. The summed E-state index contributed by atoms with van der Waals surface area (Å²) in [6.45, 7) is 4.34. The zero-order valence-electron chi connectivity index (χ0n) is 10.5. The Morgan fingerprint density at radius 2 is 2.12 bits per heavy atom. The van der Waals surface area contributed by atoms with Gasteiger partial charge in [0.25, 0.3) is 0 Å². The van der Waals surface area contributed by atoms with E-state index in [1.54, 1.807) is 0 Å². The first-order valence-corrected chi connectivity index (χ1v) is 7.40. The molecule has 0 radical (unpaired) electrons. The molecule has 1 heterocycles. The Bertz CT molecular complexity index is 391. The molecule has 6 nitrogen and oxygen atoms in total. The fourth-order valence-corrected chi connectivity index (χ4v) is 2.03. The Hall–Kier alpha value is -0.660. The van der Waals surface area contributed by atoms with Gasteiger partial charge in [0, 0.05) is 25.9 Å². The maximum absolute atomic E-state index is 12.2. The van der Waals surface area contributed by atoms with Gasteiger partial charge in [0.2, 0.25) is 5.91 Å². The van der Waals surface area contributed by atoms with E-state index in [9.17, 15) is 13.2 Å². The van der Waals surface area contributed by atoms with Crippen molar-refractivity contribution in [2.45, 2.75) is 24.7 Å². The molecular formula is C10H20N2O4S. The van der Waals surface area contributed by atoms with Crippen LogP contribution in [0.4, 0.5) is 0 Å². The van der Waals surface area contributed by atoms with Gasteiger partial charge in [-0.15, -0.1) is 0 Å². The molecule has 0 bridgehead atoms. The van der Waals surface area contributed by atoms with Gasteiger partial charge < -0.3 is 15.4 Å². The van der Waals surface area contributed by atoms with Crippen molar-refractivity contribution in [2.75, 3.05) is 32.5 Å². The Labute approximate surface area is 102 Å². The van der Waals surface area contributed by atoms with Crippen molar-refractivity contribution in [2.24, 2.45) is 5.73 Å². The Morgan fingerprint density at radius 3 is 2.59 bits per heavy atom. The predicted octanol–water partition coefficient (Wildman–Crippen LogP) is -1.00. The minimum atomic E-state index is -3.44. The molecule has 1 atom stereocenters. The van der Waals surface area contributed by atoms with E-state index in [0.717, 1.165) is 6.26 Å². The summed E-state index contributed by atoms with van der Waals surface area (Å²) in [5.41, 5.74) is 5.48. The summed E-state index contributed by atoms with van der Waals surface area (Å²) in [5.74, 6) is -0.387. The third kappa shape index (κ3) is 2.97. The first kappa shape index (κ1) is 14.4. The molecule has 1 fully saturated rings. The highest BCUT2D eigenvalue weighted by atomic mass is 32.2. The van der Waals surface area contributed by atoms with Gasteiger partial charge in [-0.1, -0.05) is 0 Å². The molecule has 1 amide bonds. The van der Waals surface area contributed by atoms with Gasteiger partial charge in [-0.3, -0.25) is 4.79 Å². The van der Waals surface area contributed by atoms with Crippen LogP contribution in [-0.2, 0) is 19.4 Å². The van der Waals surface area contributed by atoms with Crippen molar-refractivity contribution in [3.05, 3.63) is 0 Å². The SMILES string of the molecule is CC(C)(C(=O)N1CCOC(CN)C1)S(C)(=O)=O. The molecule has 0 spiro atoms. The Kier molecular flexibility index (Phi) is 4.16. The second-order valence-corrected chi connectivity index (χ2v) is 7.33. The average molecular weight is 264 g/mol. The molecule has 0 aromatic rings. The fraction of sp³-hybridized carbons (Fsp3) is 0.900. The van der Waals surface area contributed by atoms with Crippen molar-refractivity contribution >= 4 is 15.7 Å². The van der Waals surface area contributed by atoms with Crippen LogP contribution in [0.15, 0.2) is 0 Å². The van der Waals surface area contributed by atoms with E-state index in [0.29, 0.717) is 26.2 Å². The van der Waals surface area contributed by atoms with E-state index in [1.165, 1.54) is 18.7 Å². The monoisotopic (exact) mass is 264 g/mol. The number of hydrogen-bond acceptors (Lipinski definition) is 5. The molecule has 1 unspecified atom stereocenters. The van der Waals surface area contributed by atoms with E-state index in [2.05, 4.69) is 0 Å². The van der Waals surface area contributed by atoms with Crippen molar-refractivity contribution in [3.8, 4) is 0 Å². The quantitative estimate of drug-likeness (QED) is 0.706. The van der Waals surface area contributed by atoms with Crippen molar-refractivity contribution in [1.29, 1.82) is 0 Å². The van der Waals surface area contributed by atoms with E-state index in [1.807, 2.05) is 0 Å². The van der Waals surface area contributed by atoms with E-state index >= 15 is 0 Å². The van der Waals surface area contributed by atoms with Crippen LogP contribution in [-0.4, -0.2) is 62.6 Å². The highest BCUT2D eigenvalue weighted by Crippen LogP contribution is 2.20. The summed E-state index contributed by atoms with van der Waals surface area (Å²) in [7, 11) is -3.44. The van der Waals surface area contributed by atoms with Gasteiger partial charge in [-0.2, -0.15) is 0 Å².